The zero-order valence-electron chi connectivity index (χ0n) is 18.6. The number of imidazole rings is 1. The average molecular weight is 465 g/mol. The Bertz CT molecular complexity index is 1410. The molecule has 0 spiro atoms. The van der Waals surface area contributed by atoms with Gasteiger partial charge in [0.2, 0.25) is 5.95 Å². The summed E-state index contributed by atoms with van der Waals surface area (Å²) in [5, 5.41) is 0.609. The highest BCUT2D eigenvalue weighted by atomic mass is 35.5. The first-order chi connectivity index (χ1) is 15.9. The van der Waals surface area contributed by atoms with Crippen molar-refractivity contribution < 1.29 is 0 Å². The van der Waals surface area contributed by atoms with Gasteiger partial charge >= 0.3 is 5.69 Å². The van der Waals surface area contributed by atoms with Gasteiger partial charge in [0.1, 0.15) is 0 Å². The van der Waals surface area contributed by atoms with Gasteiger partial charge in [0.25, 0.3) is 5.56 Å². The Balaban J connectivity index is 1.48. The van der Waals surface area contributed by atoms with Gasteiger partial charge < -0.3 is 14.4 Å². The molecule has 33 heavy (non-hydrogen) atoms. The second kappa shape index (κ2) is 8.44. The molecule has 1 aliphatic heterocycles. The molecule has 1 fully saturated rings. The third-order valence-corrected chi connectivity index (χ3v) is 6.53. The van der Waals surface area contributed by atoms with Crippen LogP contribution in [-0.2, 0) is 20.6 Å². The summed E-state index contributed by atoms with van der Waals surface area (Å²) in [6, 6.07) is 17.5. The van der Waals surface area contributed by atoms with Gasteiger partial charge in [-0.1, -0.05) is 41.9 Å². The molecular weight excluding hydrogens is 440 g/mol. The SMILES string of the molecule is Cn1c(N2CCN(c3ccccc3)CC2)nc2c1c(=O)n(Cc1ccc(Cl)cc1)c(=O)n2C. The van der Waals surface area contributed by atoms with E-state index in [-0.39, 0.29) is 17.8 Å². The maximum absolute atomic E-state index is 13.4. The van der Waals surface area contributed by atoms with Gasteiger partial charge in [-0.25, -0.2) is 4.79 Å². The van der Waals surface area contributed by atoms with Crippen molar-refractivity contribution >= 4 is 34.4 Å². The lowest BCUT2D eigenvalue weighted by atomic mass is 10.2. The van der Waals surface area contributed by atoms with Crippen LogP contribution in [0.15, 0.2) is 64.2 Å². The van der Waals surface area contributed by atoms with Crippen LogP contribution in [0.5, 0.6) is 0 Å². The number of rotatable bonds is 4. The van der Waals surface area contributed by atoms with Gasteiger partial charge in [-0.3, -0.25) is 13.9 Å². The predicted octanol–water partition coefficient (Wildman–Crippen LogP) is 2.46. The summed E-state index contributed by atoms with van der Waals surface area (Å²) in [6.07, 6.45) is 0. The number of piperazine rings is 1. The van der Waals surface area contributed by atoms with E-state index in [4.69, 9.17) is 16.6 Å². The molecule has 4 aromatic rings. The standard InChI is InChI=1S/C24H25ClN6O2/c1-27-20-21(26-23(27)30-14-12-29(13-15-30)19-6-4-3-5-7-19)28(2)24(33)31(22(20)32)16-17-8-10-18(25)11-9-17/h3-11H,12-16H2,1-2H3. The summed E-state index contributed by atoms with van der Waals surface area (Å²) in [5.41, 5.74) is 2.13. The number of hydrogen-bond donors (Lipinski definition) is 0. The molecular formula is C24H25ClN6O2. The Morgan fingerprint density at radius 2 is 1.48 bits per heavy atom. The number of aromatic nitrogens is 4. The molecule has 5 rings (SSSR count). The monoisotopic (exact) mass is 464 g/mol. The molecule has 0 saturated carbocycles. The number of aryl methyl sites for hydroxylation is 2. The Hall–Kier alpha value is -3.52. The molecule has 0 bridgehead atoms. The zero-order chi connectivity index (χ0) is 23.1. The van der Waals surface area contributed by atoms with E-state index in [0.29, 0.717) is 22.1 Å². The van der Waals surface area contributed by atoms with Crippen LogP contribution in [0.2, 0.25) is 5.02 Å². The van der Waals surface area contributed by atoms with E-state index < -0.39 is 0 Å². The molecule has 0 amide bonds. The summed E-state index contributed by atoms with van der Waals surface area (Å²) in [6.45, 7) is 3.44. The molecule has 0 atom stereocenters. The van der Waals surface area contributed by atoms with E-state index in [0.717, 1.165) is 31.7 Å². The summed E-state index contributed by atoms with van der Waals surface area (Å²) >= 11 is 5.97. The lowest BCUT2D eigenvalue weighted by Crippen LogP contribution is -2.47. The van der Waals surface area contributed by atoms with E-state index in [2.05, 4.69) is 21.9 Å². The van der Waals surface area contributed by atoms with E-state index in [1.165, 1.54) is 14.8 Å². The van der Waals surface area contributed by atoms with Crippen LogP contribution in [0.25, 0.3) is 11.2 Å². The van der Waals surface area contributed by atoms with Crippen LogP contribution in [0, 0.1) is 0 Å². The highest BCUT2D eigenvalue weighted by molar-refractivity contribution is 6.30. The van der Waals surface area contributed by atoms with Crippen LogP contribution >= 0.6 is 11.6 Å². The normalized spacial score (nSPS) is 14.3. The molecule has 8 nitrogen and oxygen atoms in total. The zero-order valence-corrected chi connectivity index (χ0v) is 19.4. The number of anilines is 2. The molecule has 0 aliphatic carbocycles. The molecule has 9 heteroatoms. The highest BCUT2D eigenvalue weighted by Crippen LogP contribution is 2.22. The van der Waals surface area contributed by atoms with Crippen molar-refractivity contribution in [3.05, 3.63) is 86.0 Å². The highest BCUT2D eigenvalue weighted by Gasteiger charge is 2.24. The van der Waals surface area contributed by atoms with Crippen molar-refractivity contribution in [3.63, 3.8) is 0 Å². The Morgan fingerprint density at radius 1 is 0.848 bits per heavy atom. The molecule has 0 radical (unpaired) electrons. The van der Waals surface area contributed by atoms with Crippen molar-refractivity contribution in [2.45, 2.75) is 6.54 Å². The maximum Gasteiger partial charge on any atom is 0.332 e. The van der Waals surface area contributed by atoms with Gasteiger partial charge in [0.15, 0.2) is 11.2 Å². The molecule has 1 aliphatic rings. The topological polar surface area (TPSA) is 68.3 Å². The van der Waals surface area contributed by atoms with Crippen LogP contribution in [0.1, 0.15) is 5.56 Å². The minimum Gasteiger partial charge on any atom is -0.368 e. The van der Waals surface area contributed by atoms with Crippen LogP contribution < -0.4 is 21.0 Å². The summed E-state index contributed by atoms with van der Waals surface area (Å²) in [5.74, 6) is 0.703. The van der Waals surface area contributed by atoms with Gasteiger partial charge in [-0.15, -0.1) is 0 Å². The quantitative estimate of drug-likeness (QED) is 0.464. The minimum absolute atomic E-state index is 0.175. The Labute approximate surface area is 195 Å². The third kappa shape index (κ3) is 3.80. The number of fused-ring (bicyclic) bond motifs is 1. The summed E-state index contributed by atoms with van der Waals surface area (Å²) in [7, 11) is 3.50. The van der Waals surface area contributed by atoms with E-state index >= 15 is 0 Å². The van der Waals surface area contributed by atoms with Crippen molar-refractivity contribution in [2.75, 3.05) is 36.0 Å². The Kier molecular flexibility index (Phi) is 5.46. The number of nitrogens with zero attached hydrogens (tertiary/aromatic N) is 6. The largest absolute Gasteiger partial charge is 0.368 e. The van der Waals surface area contributed by atoms with Gasteiger partial charge in [-0.2, -0.15) is 4.98 Å². The summed E-state index contributed by atoms with van der Waals surface area (Å²) in [4.78, 5) is 35.6. The lowest BCUT2D eigenvalue weighted by Gasteiger charge is -2.36. The molecule has 0 unspecified atom stereocenters. The van der Waals surface area contributed by atoms with Gasteiger partial charge in [0, 0.05) is 51.0 Å². The fourth-order valence-electron chi connectivity index (χ4n) is 4.43. The molecule has 0 N–H and O–H groups in total. The van der Waals surface area contributed by atoms with Gasteiger partial charge in [-0.05, 0) is 29.8 Å². The van der Waals surface area contributed by atoms with Crippen molar-refractivity contribution in [2.24, 2.45) is 14.1 Å². The second-order valence-electron chi connectivity index (χ2n) is 8.31. The van der Waals surface area contributed by atoms with Crippen molar-refractivity contribution in [1.29, 1.82) is 0 Å². The number of benzene rings is 2. The number of para-hydroxylation sites is 1. The number of halogens is 1. The Morgan fingerprint density at radius 3 is 2.15 bits per heavy atom. The molecule has 3 heterocycles. The molecule has 1 saturated heterocycles. The molecule has 2 aromatic carbocycles. The van der Waals surface area contributed by atoms with E-state index in [1.807, 2.05) is 41.9 Å². The average Bonchev–Trinajstić information content (AvgIpc) is 3.19. The molecule has 2 aromatic heterocycles. The predicted molar refractivity (Wildman–Crippen MR) is 132 cm³/mol. The first-order valence-electron chi connectivity index (χ1n) is 10.9. The van der Waals surface area contributed by atoms with E-state index in [1.54, 1.807) is 19.2 Å². The molecule has 170 valence electrons. The summed E-state index contributed by atoms with van der Waals surface area (Å²) < 4.78 is 4.52. The fraction of sp³-hybridized carbons (Fsp3) is 0.292. The fourth-order valence-corrected chi connectivity index (χ4v) is 4.56. The van der Waals surface area contributed by atoms with Crippen molar-refractivity contribution in [1.82, 2.24) is 18.7 Å². The second-order valence-corrected chi connectivity index (χ2v) is 8.75. The third-order valence-electron chi connectivity index (χ3n) is 6.27. The van der Waals surface area contributed by atoms with Crippen molar-refractivity contribution in [3.8, 4) is 0 Å². The first-order valence-corrected chi connectivity index (χ1v) is 11.3. The van der Waals surface area contributed by atoms with Crippen LogP contribution in [0.4, 0.5) is 11.6 Å². The smallest absolute Gasteiger partial charge is 0.332 e. The lowest BCUT2D eigenvalue weighted by molar-refractivity contribution is 0.631. The van der Waals surface area contributed by atoms with Crippen LogP contribution in [0.3, 0.4) is 0 Å². The number of hydrogen-bond acceptors (Lipinski definition) is 5. The first kappa shape index (κ1) is 21.3. The van der Waals surface area contributed by atoms with Gasteiger partial charge in [0.05, 0.1) is 6.54 Å². The van der Waals surface area contributed by atoms with Crippen LogP contribution in [-0.4, -0.2) is 44.9 Å². The maximum atomic E-state index is 13.4. The minimum atomic E-state index is -0.388. The van der Waals surface area contributed by atoms with E-state index in [9.17, 15) is 9.59 Å².